The predicted octanol–water partition coefficient (Wildman–Crippen LogP) is 0.167. The molecule has 0 spiro atoms. The summed E-state index contributed by atoms with van der Waals surface area (Å²) in [5.41, 5.74) is -0.374. The Kier molecular flexibility index (Phi) is 3.14. The molecule has 1 aromatic rings. The fourth-order valence-corrected chi connectivity index (χ4v) is 1.19. The summed E-state index contributed by atoms with van der Waals surface area (Å²) in [6.07, 6.45) is 0. The molecule has 0 saturated heterocycles. The minimum atomic E-state index is -1.94. The van der Waals surface area contributed by atoms with E-state index in [1.54, 1.807) is 0 Å². The van der Waals surface area contributed by atoms with E-state index >= 15 is 0 Å². The maximum Gasteiger partial charge on any atom is 0.493 e. The van der Waals surface area contributed by atoms with Crippen molar-refractivity contribution in [1.82, 2.24) is 0 Å². The van der Waals surface area contributed by atoms with Gasteiger partial charge in [-0.05, 0) is 12.1 Å². The Balaban J connectivity index is 3.30. The van der Waals surface area contributed by atoms with Crippen molar-refractivity contribution in [3.8, 4) is 5.75 Å². The van der Waals surface area contributed by atoms with Gasteiger partial charge in [0.25, 0.3) is 0 Å². The van der Waals surface area contributed by atoms with Crippen LogP contribution in [0.15, 0.2) is 12.1 Å². The summed E-state index contributed by atoms with van der Waals surface area (Å²) < 4.78 is 17.9. The molecular weight excluding hydrogens is 197 g/mol. The van der Waals surface area contributed by atoms with Gasteiger partial charge in [-0.15, -0.1) is 0 Å². The van der Waals surface area contributed by atoms with Crippen molar-refractivity contribution in [2.24, 2.45) is 0 Å². The van der Waals surface area contributed by atoms with Crippen LogP contribution < -0.4 is 10.2 Å². The summed E-state index contributed by atoms with van der Waals surface area (Å²) >= 11 is 5.54. The molecule has 3 nitrogen and oxygen atoms in total. The zero-order valence-electron chi connectivity index (χ0n) is 6.79. The van der Waals surface area contributed by atoms with Gasteiger partial charge in [0, 0.05) is 10.5 Å². The van der Waals surface area contributed by atoms with Crippen LogP contribution in [0.4, 0.5) is 4.39 Å². The van der Waals surface area contributed by atoms with E-state index in [2.05, 4.69) is 4.74 Å². The topological polar surface area (TPSA) is 49.7 Å². The molecular formula is C7H7BClFO3. The van der Waals surface area contributed by atoms with Crippen LogP contribution in [0.2, 0.25) is 5.02 Å². The molecule has 0 aromatic heterocycles. The highest BCUT2D eigenvalue weighted by Gasteiger charge is 2.23. The summed E-state index contributed by atoms with van der Waals surface area (Å²) in [6.45, 7) is 0. The molecule has 0 atom stereocenters. The minimum absolute atomic E-state index is 0.0479. The van der Waals surface area contributed by atoms with Crippen molar-refractivity contribution in [3.05, 3.63) is 23.0 Å². The summed E-state index contributed by atoms with van der Waals surface area (Å²) in [5.74, 6) is -0.933. The molecule has 0 aliphatic rings. The lowest BCUT2D eigenvalue weighted by Crippen LogP contribution is -2.34. The van der Waals surface area contributed by atoms with Gasteiger partial charge in [0.1, 0.15) is 0 Å². The Hall–Kier alpha value is -0.775. The maximum absolute atomic E-state index is 13.3. The largest absolute Gasteiger partial charge is 0.494 e. The number of rotatable bonds is 2. The van der Waals surface area contributed by atoms with Gasteiger partial charge in [0.15, 0.2) is 11.6 Å². The zero-order valence-corrected chi connectivity index (χ0v) is 7.55. The molecule has 0 radical (unpaired) electrons. The first-order chi connectivity index (χ1) is 6.07. The van der Waals surface area contributed by atoms with Crippen LogP contribution in [-0.4, -0.2) is 24.3 Å². The number of ether oxygens (including phenoxy) is 1. The third-order valence-corrected chi connectivity index (χ3v) is 1.90. The monoisotopic (exact) mass is 204 g/mol. The standard InChI is InChI=1S/C7H7BClFO3/c1-13-5-3-2-4(9)6(7(5)10)8(11)12/h2-3,11-12H,1H3. The highest BCUT2D eigenvalue weighted by atomic mass is 35.5. The van der Waals surface area contributed by atoms with Gasteiger partial charge in [-0.25, -0.2) is 4.39 Å². The molecule has 0 fully saturated rings. The van der Waals surface area contributed by atoms with Gasteiger partial charge < -0.3 is 14.8 Å². The lowest BCUT2D eigenvalue weighted by molar-refractivity contribution is 0.384. The van der Waals surface area contributed by atoms with E-state index in [0.717, 1.165) is 0 Å². The highest BCUT2D eigenvalue weighted by molar-refractivity contribution is 6.62. The number of benzene rings is 1. The lowest BCUT2D eigenvalue weighted by atomic mass is 9.79. The smallest absolute Gasteiger partial charge is 0.493 e. The Morgan fingerprint density at radius 3 is 2.54 bits per heavy atom. The van der Waals surface area contributed by atoms with Crippen LogP contribution in [0.3, 0.4) is 0 Å². The van der Waals surface area contributed by atoms with E-state index < -0.39 is 12.9 Å². The van der Waals surface area contributed by atoms with Gasteiger partial charge in [-0.2, -0.15) is 0 Å². The molecule has 0 heterocycles. The van der Waals surface area contributed by atoms with Crippen molar-refractivity contribution >= 4 is 24.2 Å². The van der Waals surface area contributed by atoms with Crippen LogP contribution in [0, 0.1) is 5.82 Å². The Morgan fingerprint density at radius 1 is 1.46 bits per heavy atom. The summed E-state index contributed by atoms with van der Waals surface area (Å²) in [4.78, 5) is 0. The highest BCUT2D eigenvalue weighted by Crippen LogP contribution is 2.18. The molecule has 13 heavy (non-hydrogen) atoms. The molecule has 1 aromatic carbocycles. The number of halogens is 2. The minimum Gasteiger partial charge on any atom is -0.494 e. The second kappa shape index (κ2) is 3.96. The molecule has 0 aliphatic carbocycles. The first-order valence-corrected chi connectivity index (χ1v) is 3.83. The van der Waals surface area contributed by atoms with Crippen molar-refractivity contribution < 1.29 is 19.2 Å². The number of methoxy groups -OCH3 is 1. The normalized spacial score (nSPS) is 9.92. The fourth-order valence-electron chi connectivity index (χ4n) is 0.944. The van der Waals surface area contributed by atoms with Crippen LogP contribution in [-0.2, 0) is 0 Å². The summed E-state index contributed by atoms with van der Waals surface area (Å²) in [6, 6.07) is 2.64. The zero-order chi connectivity index (χ0) is 10.0. The second-order valence-electron chi connectivity index (χ2n) is 2.35. The average molecular weight is 204 g/mol. The molecule has 6 heteroatoms. The van der Waals surface area contributed by atoms with Crippen molar-refractivity contribution in [1.29, 1.82) is 0 Å². The van der Waals surface area contributed by atoms with Crippen LogP contribution in [0.25, 0.3) is 0 Å². The first-order valence-electron chi connectivity index (χ1n) is 3.46. The number of hydrogen-bond acceptors (Lipinski definition) is 3. The fraction of sp³-hybridized carbons (Fsp3) is 0.143. The molecule has 0 unspecified atom stereocenters. The van der Waals surface area contributed by atoms with Gasteiger partial charge >= 0.3 is 7.12 Å². The van der Waals surface area contributed by atoms with E-state index in [-0.39, 0.29) is 16.2 Å². The van der Waals surface area contributed by atoms with E-state index in [0.29, 0.717) is 0 Å². The van der Waals surface area contributed by atoms with E-state index in [9.17, 15) is 4.39 Å². The third-order valence-electron chi connectivity index (χ3n) is 1.57. The number of hydrogen-bond donors (Lipinski definition) is 2. The SMILES string of the molecule is COc1ccc(Cl)c(B(O)O)c1F. The summed E-state index contributed by atoms with van der Waals surface area (Å²) in [7, 11) is -0.664. The maximum atomic E-state index is 13.3. The van der Waals surface area contributed by atoms with Gasteiger partial charge in [0.05, 0.1) is 7.11 Å². The molecule has 0 bridgehead atoms. The third kappa shape index (κ3) is 1.93. The van der Waals surface area contributed by atoms with Crippen molar-refractivity contribution in [3.63, 3.8) is 0 Å². The van der Waals surface area contributed by atoms with E-state index in [1.807, 2.05) is 0 Å². The Labute approximate surface area is 79.9 Å². The van der Waals surface area contributed by atoms with Gasteiger partial charge in [-0.3, -0.25) is 0 Å². The first kappa shape index (κ1) is 10.3. The van der Waals surface area contributed by atoms with Gasteiger partial charge in [0.2, 0.25) is 0 Å². The second-order valence-corrected chi connectivity index (χ2v) is 2.76. The Morgan fingerprint density at radius 2 is 2.08 bits per heavy atom. The molecule has 2 N–H and O–H groups in total. The van der Waals surface area contributed by atoms with Gasteiger partial charge in [-0.1, -0.05) is 11.6 Å². The van der Waals surface area contributed by atoms with E-state index in [4.69, 9.17) is 21.6 Å². The molecule has 70 valence electrons. The molecule has 0 aliphatic heterocycles. The van der Waals surface area contributed by atoms with Crippen LogP contribution >= 0.6 is 11.6 Å². The van der Waals surface area contributed by atoms with Crippen LogP contribution in [0.5, 0.6) is 5.75 Å². The Bertz CT molecular complexity index is 319. The van der Waals surface area contributed by atoms with Crippen LogP contribution in [0.1, 0.15) is 0 Å². The molecule has 1 rings (SSSR count). The lowest BCUT2D eigenvalue weighted by Gasteiger charge is -2.07. The molecule has 0 amide bonds. The predicted molar refractivity (Wildman–Crippen MR) is 47.8 cm³/mol. The van der Waals surface area contributed by atoms with Crippen molar-refractivity contribution in [2.45, 2.75) is 0 Å². The molecule has 0 saturated carbocycles. The average Bonchev–Trinajstić information content (AvgIpc) is 2.04. The van der Waals surface area contributed by atoms with E-state index in [1.165, 1.54) is 19.2 Å². The van der Waals surface area contributed by atoms with Crippen molar-refractivity contribution in [2.75, 3.05) is 7.11 Å². The quantitative estimate of drug-likeness (QED) is 0.675. The summed E-state index contributed by atoms with van der Waals surface area (Å²) in [5, 5.41) is 17.5.